The summed E-state index contributed by atoms with van der Waals surface area (Å²) in [4.78, 5) is 30.7. The molecule has 178 valence electrons. The molecule has 0 radical (unpaired) electrons. The van der Waals surface area contributed by atoms with Gasteiger partial charge in [-0.2, -0.15) is 0 Å². The fourth-order valence-corrected chi connectivity index (χ4v) is 4.10. The number of thiazole rings is 1. The first-order valence-electron chi connectivity index (χ1n) is 10.7. The number of amides is 1. The minimum absolute atomic E-state index is 0.0845. The van der Waals surface area contributed by atoms with Crippen molar-refractivity contribution in [3.05, 3.63) is 64.8 Å². The topological polar surface area (TPSA) is 107 Å². The third-order valence-corrected chi connectivity index (χ3v) is 5.84. The van der Waals surface area contributed by atoms with Crippen LogP contribution in [0.5, 0.6) is 5.75 Å². The number of hydrogen-bond donors (Lipinski definition) is 2. The van der Waals surface area contributed by atoms with Crippen LogP contribution in [-0.4, -0.2) is 46.6 Å². The fraction of sp³-hybridized carbons (Fsp3) is 0.292. The molecule has 1 saturated heterocycles. The molecule has 0 unspecified atom stereocenters. The number of carbonyl (C=O) groups excluding carboxylic acids is 2. The Kier molecular flexibility index (Phi) is 6.43. The lowest BCUT2D eigenvalue weighted by molar-refractivity contribution is -0.0221. The van der Waals surface area contributed by atoms with Crippen molar-refractivity contribution in [3.8, 4) is 5.75 Å². The van der Waals surface area contributed by atoms with Crippen LogP contribution in [0.3, 0.4) is 0 Å². The summed E-state index contributed by atoms with van der Waals surface area (Å²) >= 11 is 1.10. The smallest absolute Gasteiger partial charge is 0.410 e. The lowest BCUT2D eigenvalue weighted by Gasteiger charge is -2.39. The van der Waals surface area contributed by atoms with Crippen LogP contribution < -0.4 is 15.8 Å². The third kappa shape index (κ3) is 5.63. The van der Waals surface area contributed by atoms with E-state index in [1.807, 2.05) is 32.9 Å². The molecule has 8 nitrogen and oxygen atoms in total. The van der Waals surface area contributed by atoms with Gasteiger partial charge in [0.15, 0.2) is 5.13 Å². The second kappa shape index (κ2) is 9.30. The van der Waals surface area contributed by atoms with Crippen LogP contribution in [0.15, 0.2) is 48.5 Å². The van der Waals surface area contributed by atoms with Gasteiger partial charge in [0.05, 0.1) is 13.1 Å². The number of ketones is 1. The lowest BCUT2D eigenvalue weighted by Crippen LogP contribution is -2.57. The molecule has 1 aromatic heterocycles. The maximum Gasteiger partial charge on any atom is 0.410 e. The third-order valence-electron chi connectivity index (χ3n) is 4.85. The highest BCUT2D eigenvalue weighted by Crippen LogP contribution is 2.30. The second-order valence-corrected chi connectivity index (χ2v) is 9.85. The monoisotopic (exact) mass is 484 g/mol. The van der Waals surface area contributed by atoms with E-state index in [4.69, 9.17) is 15.2 Å². The van der Waals surface area contributed by atoms with Crippen LogP contribution in [0, 0.1) is 5.82 Å². The highest BCUT2D eigenvalue weighted by atomic mass is 32.1. The number of nitrogen functional groups attached to an aromatic ring is 1. The highest BCUT2D eigenvalue weighted by molar-refractivity contribution is 7.18. The van der Waals surface area contributed by atoms with Crippen LogP contribution in [0.4, 0.5) is 25.8 Å². The number of aromatic nitrogens is 1. The molecule has 1 aliphatic rings. The number of rotatable bonds is 6. The van der Waals surface area contributed by atoms with Gasteiger partial charge < -0.3 is 25.4 Å². The number of nitrogens with two attached hydrogens (primary N) is 1. The number of halogens is 1. The van der Waals surface area contributed by atoms with Gasteiger partial charge in [-0.3, -0.25) is 4.79 Å². The Balaban J connectivity index is 1.32. The maximum absolute atomic E-state index is 13.4. The molecule has 1 fully saturated rings. The molecule has 2 aromatic carbocycles. The Hall–Kier alpha value is -3.66. The predicted octanol–water partition coefficient (Wildman–Crippen LogP) is 4.84. The van der Waals surface area contributed by atoms with E-state index in [0.29, 0.717) is 24.0 Å². The van der Waals surface area contributed by atoms with Gasteiger partial charge in [-0.15, -0.1) is 0 Å². The zero-order valence-electron chi connectivity index (χ0n) is 19.0. The van der Waals surface area contributed by atoms with E-state index in [0.717, 1.165) is 17.0 Å². The number of anilines is 3. The van der Waals surface area contributed by atoms with E-state index in [1.54, 1.807) is 17.0 Å². The Labute approximate surface area is 200 Å². The molecule has 1 aliphatic heterocycles. The van der Waals surface area contributed by atoms with Crippen LogP contribution >= 0.6 is 11.3 Å². The molecule has 4 rings (SSSR count). The maximum atomic E-state index is 13.4. The Bertz CT molecular complexity index is 1200. The SMILES string of the molecule is CC(C)(C)OC(=O)N1CC(Oc2ccc(Nc3nc(N)c(C(=O)c4cccc(F)c4)s3)cc2)C1. The molecular formula is C24H25FN4O4S. The van der Waals surface area contributed by atoms with E-state index < -0.39 is 11.4 Å². The van der Waals surface area contributed by atoms with Gasteiger partial charge in [-0.25, -0.2) is 14.2 Å². The zero-order valence-corrected chi connectivity index (χ0v) is 19.8. The van der Waals surface area contributed by atoms with Gasteiger partial charge in [0.2, 0.25) is 5.78 Å². The van der Waals surface area contributed by atoms with Crippen molar-refractivity contribution in [2.45, 2.75) is 32.5 Å². The molecule has 0 saturated carbocycles. The molecule has 34 heavy (non-hydrogen) atoms. The second-order valence-electron chi connectivity index (χ2n) is 8.85. The number of benzene rings is 2. The summed E-state index contributed by atoms with van der Waals surface area (Å²) in [6.07, 6.45) is -0.439. The van der Waals surface area contributed by atoms with Crippen LogP contribution in [0.2, 0.25) is 0 Å². The van der Waals surface area contributed by atoms with Crippen molar-refractivity contribution in [1.82, 2.24) is 9.88 Å². The molecular weight excluding hydrogens is 459 g/mol. The molecule has 10 heteroatoms. The molecule has 0 aliphatic carbocycles. The first-order chi connectivity index (χ1) is 16.1. The first kappa shape index (κ1) is 23.5. The van der Waals surface area contributed by atoms with Gasteiger partial charge in [0.1, 0.15) is 34.0 Å². The Morgan fingerprint density at radius 1 is 1.18 bits per heavy atom. The van der Waals surface area contributed by atoms with Crippen LogP contribution in [-0.2, 0) is 4.74 Å². The number of nitrogens with one attached hydrogen (secondary N) is 1. The largest absolute Gasteiger partial charge is 0.487 e. The highest BCUT2D eigenvalue weighted by Gasteiger charge is 2.35. The summed E-state index contributed by atoms with van der Waals surface area (Å²) in [7, 11) is 0. The average Bonchev–Trinajstić information content (AvgIpc) is 3.09. The van der Waals surface area contributed by atoms with Crippen molar-refractivity contribution in [2.24, 2.45) is 0 Å². The fourth-order valence-electron chi connectivity index (χ4n) is 3.23. The van der Waals surface area contributed by atoms with E-state index in [1.165, 1.54) is 24.3 Å². The van der Waals surface area contributed by atoms with Crippen LogP contribution in [0.25, 0.3) is 0 Å². The average molecular weight is 485 g/mol. The summed E-state index contributed by atoms with van der Waals surface area (Å²) in [6.45, 7) is 6.43. The minimum atomic E-state index is -0.526. The van der Waals surface area contributed by atoms with Gasteiger partial charge in [-0.05, 0) is 57.2 Å². The molecule has 3 aromatic rings. The quantitative estimate of drug-likeness (QED) is 0.482. The van der Waals surface area contributed by atoms with Gasteiger partial charge in [0.25, 0.3) is 0 Å². The van der Waals surface area contributed by atoms with Gasteiger partial charge in [0, 0.05) is 11.3 Å². The lowest BCUT2D eigenvalue weighted by atomic mass is 10.1. The molecule has 3 N–H and O–H groups in total. The van der Waals surface area contributed by atoms with Crippen molar-refractivity contribution in [1.29, 1.82) is 0 Å². The Morgan fingerprint density at radius 2 is 1.88 bits per heavy atom. The molecule has 1 amide bonds. The van der Waals surface area contributed by atoms with E-state index >= 15 is 0 Å². The molecule has 0 bridgehead atoms. The van der Waals surface area contributed by atoms with Crippen molar-refractivity contribution < 1.29 is 23.5 Å². The number of hydrogen-bond acceptors (Lipinski definition) is 8. The Morgan fingerprint density at radius 3 is 2.53 bits per heavy atom. The normalized spacial score (nSPS) is 13.8. The number of nitrogens with zero attached hydrogens (tertiary/aromatic N) is 2. The van der Waals surface area contributed by atoms with Crippen molar-refractivity contribution in [3.63, 3.8) is 0 Å². The van der Waals surface area contributed by atoms with E-state index in [2.05, 4.69) is 10.3 Å². The number of carbonyl (C=O) groups is 2. The predicted molar refractivity (Wildman–Crippen MR) is 128 cm³/mol. The summed E-state index contributed by atoms with van der Waals surface area (Å²) in [5, 5.41) is 3.55. The first-order valence-corrected chi connectivity index (χ1v) is 11.5. The minimum Gasteiger partial charge on any atom is -0.487 e. The molecule has 0 atom stereocenters. The summed E-state index contributed by atoms with van der Waals surface area (Å²) < 4.78 is 24.7. The zero-order chi connectivity index (χ0) is 24.5. The van der Waals surface area contributed by atoms with Crippen molar-refractivity contribution >= 4 is 39.9 Å². The molecule has 0 spiro atoms. The van der Waals surface area contributed by atoms with Gasteiger partial charge >= 0.3 is 6.09 Å². The number of likely N-dealkylation sites (tertiary alicyclic amines) is 1. The summed E-state index contributed by atoms with van der Waals surface area (Å²) in [5.74, 6) is -0.123. The van der Waals surface area contributed by atoms with Crippen LogP contribution in [0.1, 0.15) is 36.0 Å². The van der Waals surface area contributed by atoms with Crippen molar-refractivity contribution in [2.75, 3.05) is 24.1 Å². The summed E-state index contributed by atoms with van der Waals surface area (Å²) in [6, 6.07) is 12.7. The van der Waals surface area contributed by atoms with E-state index in [9.17, 15) is 14.0 Å². The van der Waals surface area contributed by atoms with Gasteiger partial charge in [-0.1, -0.05) is 23.5 Å². The number of ether oxygens (including phenoxy) is 2. The molecule has 2 heterocycles. The summed E-state index contributed by atoms with van der Waals surface area (Å²) in [5.41, 5.74) is 6.34. The standard InChI is InChI=1S/C24H25FN4O4S/c1-24(2,3)33-23(31)29-12-18(13-29)32-17-9-7-16(8-10-17)27-22-28-21(26)20(34-22)19(30)14-5-4-6-15(25)11-14/h4-11,18H,12-13,26H2,1-3H3,(H,27,28). The van der Waals surface area contributed by atoms with E-state index in [-0.39, 0.29) is 34.2 Å².